The maximum atomic E-state index is 13.4. The van der Waals surface area contributed by atoms with Crippen LogP contribution < -0.4 is 5.32 Å². The van der Waals surface area contributed by atoms with E-state index in [-0.39, 0.29) is 29.0 Å². The van der Waals surface area contributed by atoms with Crippen LogP contribution in [0.2, 0.25) is 0 Å². The van der Waals surface area contributed by atoms with E-state index in [0.717, 1.165) is 18.5 Å². The monoisotopic (exact) mass is 491 g/mol. The van der Waals surface area contributed by atoms with E-state index in [0.29, 0.717) is 42.6 Å². The van der Waals surface area contributed by atoms with E-state index >= 15 is 0 Å². The first-order valence-electron chi connectivity index (χ1n) is 10.6. The molecule has 0 saturated carbocycles. The van der Waals surface area contributed by atoms with E-state index in [1.165, 1.54) is 23.4 Å². The van der Waals surface area contributed by atoms with Crippen molar-refractivity contribution in [2.24, 2.45) is 0 Å². The van der Waals surface area contributed by atoms with Gasteiger partial charge in [0, 0.05) is 56.1 Å². The second-order valence-corrected chi connectivity index (χ2v) is 9.87. The van der Waals surface area contributed by atoms with Crippen molar-refractivity contribution in [1.82, 2.24) is 9.21 Å². The second kappa shape index (κ2) is 10.6. The molecule has 0 atom stereocenters. The molecule has 1 aliphatic heterocycles. The fourth-order valence-corrected chi connectivity index (χ4v) is 5.70. The molecule has 0 radical (unpaired) electrons. The summed E-state index contributed by atoms with van der Waals surface area (Å²) in [5, 5.41) is 4.06. The molecule has 0 spiro atoms. The molecular formula is C24H27ClFN3O3S. The fourth-order valence-electron chi connectivity index (χ4n) is 4.08. The average Bonchev–Trinajstić information content (AvgIpc) is 2.78. The average molecular weight is 492 g/mol. The van der Waals surface area contributed by atoms with Crippen LogP contribution in [0.25, 0.3) is 10.8 Å². The van der Waals surface area contributed by atoms with Gasteiger partial charge in [-0.25, -0.2) is 12.8 Å². The number of nitrogens with zero attached hydrogens (tertiary/aromatic N) is 2. The molecule has 1 heterocycles. The molecule has 3 aromatic carbocycles. The maximum Gasteiger partial charge on any atom is 0.243 e. The highest BCUT2D eigenvalue weighted by Gasteiger charge is 2.29. The Hall–Kier alpha value is -2.52. The lowest BCUT2D eigenvalue weighted by Gasteiger charge is -2.34. The van der Waals surface area contributed by atoms with Gasteiger partial charge in [-0.05, 0) is 36.2 Å². The molecule has 3 aromatic rings. The highest BCUT2D eigenvalue weighted by molar-refractivity contribution is 7.89. The van der Waals surface area contributed by atoms with Crippen molar-refractivity contribution >= 4 is 44.8 Å². The molecular weight excluding hydrogens is 465 g/mol. The van der Waals surface area contributed by atoms with Crippen molar-refractivity contribution in [2.45, 2.75) is 18.2 Å². The fraction of sp³-hybridized carbons (Fsp3) is 0.292. The third-order valence-corrected chi connectivity index (χ3v) is 7.73. The Bertz CT molecular complexity index is 1230. The van der Waals surface area contributed by atoms with Crippen molar-refractivity contribution < 1.29 is 17.6 Å². The van der Waals surface area contributed by atoms with Gasteiger partial charge in [0.05, 0.1) is 4.90 Å². The predicted octanol–water partition coefficient (Wildman–Crippen LogP) is 3.91. The van der Waals surface area contributed by atoms with Gasteiger partial charge in [-0.1, -0.05) is 36.4 Å². The number of amides is 1. The first-order valence-corrected chi connectivity index (χ1v) is 12.0. The van der Waals surface area contributed by atoms with E-state index in [2.05, 4.69) is 10.2 Å². The number of carbonyl (C=O) groups is 1. The molecule has 33 heavy (non-hydrogen) atoms. The number of hydrogen-bond donors (Lipinski definition) is 1. The molecule has 6 nitrogen and oxygen atoms in total. The zero-order valence-electron chi connectivity index (χ0n) is 18.3. The van der Waals surface area contributed by atoms with Crippen molar-refractivity contribution in [2.75, 3.05) is 38.0 Å². The van der Waals surface area contributed by atoms with Crippen molar-refractivity contribution in [3.05, 3.63) is 72.0 Å². The summed E-state index contributed by atoms with van der Waals surface area (Å²) in [5.41, 5.74) is 1.66. The second-order valence-electron chi connectivity index (χ2n) is 7.96. The number of anilines is 1. The van der Waals surface area contributed by atoms with Crippen LogP contribution >= 0.6 is 12.4 Å². The molecule has 1 aliphatic rings. The lowest BCUT2D eigenvalue weighted by molar-refractivity contribution is -0.114. The van der Waals surface area contributed by atoms with Gasteiger partial charge in [-0.2, -0.15) is 4.31 Å². The van der Waals surface area contributed by atoms with E-state index in [4.69, 9.17) is 0 Å². The normalized spacial score (nSPS) is 15.2. The lowest BCUT2D eigenvalue weighted by atomic mass is 10.1. The zero-order valence-corrected chi connectivity index (χ0v) is 20.0. The highest BCUT2D eigenvalue weighted by atomic mass is 35.5. The minimum absolute atomic E-state index is 0. The number of sulfonamides is 1. The molecule has 4 rings (SSSR count). The minimum atomic E-state index is -3.68. The summed E-state index contributed by atoms with van der Waals surface area (Å²) in [7, 11) is -3.68. The summed E-state index contributed by atoms with van der Waals surface area (Å²) >= 11 is 0. The summed E-state index contributed by atoms with van der Waals surface area (Å²) in [5.74, 6) is -0.451. The van der Waals surface area contributed by atoms with Crippen LogP contribution in [0.5, 0.6) is 0 Å². The summed E-state index contributed by atoms with van der Waals surface area (Å²) in [6, 6.07) is 16.9. The lowest BCUT2D eigenvalue weighted by Crippen LogP contribution is -2.49. The summed E-state index contributed by atoms with van der Waals surface area (Å²) in [4.78, 5) is 14.0. The molecule has 1 saturated heterocycles. The molecule has 176 valence electrons. The third kappa shape index (κ3) is 5.70. The van der Waals surface area contributed by atoms with Crippen LogP contribution in [0.4, 0.5) is 10.1 Å². The first-order chi connectivity index (χ1) is 15.3. The molecule has 0 bridgehead atoms. The van der Waals surface area contributed by atoms with Crippen molar-refractivity contribution in [3.63, 3.8) is 0 Å². The van der Waals surface area contributed by atoms with Gasteiger partial charge >= 0.3 is 0 Å². The highest BCUT2D eigenvalue weighted by Crippen LogP contribution is 2.31. The minimum Gasteiger partial charge on any atom is -0.326 e. The Morgan fingerprint density at radius 2 is 1.58 bits per heavy atom. The SMILES string of the molecule is CC(=O)Nc1cccc2c(S(=O)(=O)N3CCN(CCc4ccc(F)cc4)CC3)cccc12.Cl. The van der Waals surface area contributed by atoms with Gasteiger partial charge in [0.15, 0.2) is 0 Å². The Labute approximate surface area is 199 Å². The summed E-state index contributed by atoms with van der Waals surface area (Å²) in [6.07, 6.45) is 0.794. The Kier molecular flexibility index (Phi) is 8.07. The summed E-state index contributed by atoms with van der Waals surface area (Å²) in [6.45, 7) is 4.33. The van der Waals surface area contributed by atoms with E-state index < -0.39 is 10.0 Å². The summed E-state index contributed by atoms with van der Waals surface area (Å²) < 4.78 is 41.5. The van der Waals surface area contributed by atoms with Crippen LogP contribution in [0.3, 0.4) is 0 Å². The largest absolute Gasteiger partial charge is 0.326 e. The van der Waals surface area contributed by atoms with Gasteiger partial charge in [0.1, 0.15) is 5.82 Å². The first kappa shape index (κ1) is 25.1. The van der Waals surface area contributed by atoms with Gasteiger partial charge in [0.25, 0.3) is 0 Å². The van der Waals surface area contributed by atoms with Crippen LogP contribution in [0, 0.1) is 5.82 Å². The van der Waals surface area contributed by atoms with E-state index in [9.17, 15) is 17.6 Å². The third-order valence-electron chi connectivity index (χ3n) is 5.77. The number of nitrogens with one attached hydrogen (secondary N) is 1. The number of hydrogen-bond acceptors (Lipinski definition) is 4. The van der Waals surface area contributed by atoms with Gasteiger partial charge < -0.3 is 10.2 Å². The number of halogens is 2. The molecule has 1 N–H and O–H groups in total. The quantitative estimate of drug-likeness (QED) is 0.567. The van der Waals surface area contributed by atoms with Crippen LogP contribution in [-0.4, -0.2) is 56.3 Å². The van der Waals surface area contributed by atoms with Crippen LogP contribution in [-0.2, 0) is 21.2 Å². The van der Waals surface area contributed by atoms with Gasteiger partial charge in [0.2, 0.25) is 15.9 Å². The Morgan fingerprint density at radius 1 is 0.939 bits per heavy atom. The molecule has 0 unspecified atom stereocenters. The molecule has 0 aromatic heterocycles. The standard InChI is InChI=1S/C24H26FN3O3S.ClH/c1-18(29)26-23-6-2-5-22-21(23)4-3-7-24(22)32(30,31)28-16-14-27(15-17-28)13-12-19-8-10-20(25)11-9-19;/h2-11H,12-17H2,1H3,(H,26,29);1H. The molecule has 1 fully saturated rings. The maximum absolute atomic E-state index is 13.4. The number of piperazine rings is 1. The smallest absolute Gasteiger partial charge is 0.243 e. The van der Waals surface area contributed by atoms with Crippen LogP contribution in [0.15, 0.2) is 65.6 Å². The topological polar surface area (TPSA) is 69.7 Å². The van der Waals surface area contributed by atoms with Gasteiger partial charge in [-0.3, -0.25) is 4.79 Å². The Morgan fingerprint density at radius 3 is 2.24 bits per heavy atom. The Balaban J connectivity index is 0.00000306. The number of fused-ring (bicyclic) bond motifs is 1. The molecule has 1 amide bonds. The van der Waals surface area contributed by atoms with E-state index in [1.807, 2.05) is 6.07 Å². The van der Waals surface area contributed by atoms with E-state index in [1.54, 1.807) is 42.5 Å². The number of benzene rings is 3. The van der Waals surface area contributed by atoms with Crippen LogP contribution in [0.1, 0.15) is 12.5 Å². The van der Waals surface area contributed by atoms with Crippen molar-refractivity contribution in [3.8, 4) is 0 Å². The zero-order chi connectivity index (χ0) is 22.7. The molecule has 9 heteroatoms. The van der Waals surface area contributed by atoms with Gasteiger partial charge in [-0.15, -0.1) is 12.4 Å². The number of rotatable bonds is 6. The molecule has 0 aliphatic carbocycles. The van der Waals surface area contributed by atoms with Crippen molar-refractivity contribution in [1.29, 1.82) is 0 Å². The number of carbonyl (C=O) groups excluding carboxylic acids is 1. The predicted molar refractivity (Wildman–Crippen MR) is 131 cm³/mol.